The summed E-state index contributed by atoms with van der Waals surface area (Å²) in [6.45, 7) is -0.654. The molecule has 10 heteroatoms. The van der Waals surface area contributed by atoms with Crippen molar-refractivity contribution < 1.29 is 23.4 Å². The number of carboxylic acids is 1. The quantitative estimate of drug-likeness (QED) is 0.624. The molecule has 96 valence electrons. The topological polar surface area (TPSA) is 122 Å². The number of aromatic nitrogens is 2. The minimum atomic E-state index is -4.01. The van der Waals surface area contributed by atoms with Crippen LogP contribution in [0.15, 0.2) is 11.2 Å². The number of carbonyl (C=O) groups is 1. The number of nitrogens with one attached hydrogen (secondary N) is 1. The highest BCUT2D eigenvalue weighted by Crippen LogP contribution is 2.19. The largest absolute Gasteiger partial charge is 0.479 e. The SMILES string of the molecule is Cn1ncc(Cl)c1S(=O)(=O)NC[C@H](O)C(=O)O. The fourth-order valence-electron chi connectivity index (χ4n) is 1.05. The van der Waals surface area contributed by atoms with Gasteiger partial charge in [-0.2, -0.15) is 5.10 Å². The Morgan fingerprint density at radius 1 is 1.71 bits per heavy atom. The van der Waals surface area contributed by atoms with Crippen LogP contribution in [0.2, 0.25) is 5.02 Å². The number of halogens is 1. The summed E-state index contributed by atoms with van der Waals surface area (Å²) in [5.41, 5.74) is 0. The number of carboxylic acid groups (broad SMARTS) is 1. The molecule has 0 spiro atoms. The highest BCUT2D eigenvalue weighted by molar-refractivity contribution is 7.89. The zero-order valence-electron chi connectivity index (χ0n) is 8.66. The van der Waals surface area contributed by atoms with Gasteiger partial charge in [0.15, 0.2) is 11.1 Å². The van der Waals surface area contributed by atoms with Gasteiger partial charge in [-0.15, -0.1) is 0 Å². The normalized spacial score (nSPS) is 13.6. The summed E-state index contributed by atoms with van der Waals surface area (Å²) in [6.07, 6.45) is -0.680. The van der Waals surface area contributed by atoms with Crippen LogP contribution < -0.4 is 4.72 Å². The molecule has 8 nitrogen and oxygen atoms in total. The summed E-state index contributed by atoms with van der Waals surface area (Å²) in [5, 5.41) is 20.6. The Morgan fingerprint density at radius 2 is 2.29 bits per heavy atom. The molecular weight excluding hydrogens is 274 g/mol. The van der Waals surface area contributed by atoms with Crippen molar-refractivity contribution in [2.24, 2.45) is 7.05 Å². The molecule has 0 aliphatic carbocycles. The second-order valence-corrected chi connectivity index (χ2v) is 5.22. The van der Waals surface area contributed by atoms with E-state index in [-0.39, 0.29) is 10.0 Å². The molecule has 0 radical (unpaired) electrons. The van der Waals surface area contributed by atoms with Gasteiger partial charge in [-0.25, -0.2) is 17.9 Å². The smallest absolute Gasteiger partial charge is 0.333 e. The molecule has 0 amide bonds. The van der Waals surface area contributed by atoms with Gasteiger partial charge in [-0.3, -0.25) is 4.68 Å². The van der Waals surface area contributed by atoms with Crippen molar-refractivity contribution >= 4 is 27.6 Å². The Balaban J connectivity index is 2.87. The predicted octanol–water partition coefficient (Wildman–Crippen LogP) is -1.20. The summed E-state index contributed by atoms with van der Waals surface area (Å²) in [7, 11) is -2.64. The lowest BCUT2D eigenvalue weighted by molar-refractivity contribution is -0.146. The van der Waals surface area contributed by atoms with E-state index in [2.05, 4.69) is 5.10 Å². The number of hydrogen-bond donors (Lipinski definition) is 3. The van der Waals surface area contributed by atoms with Crippen molar-refractivity contribution in [1.82, 2.24) is 14.5 Å². The van der Waals surface area contributed by atoms with E-state index < -0.39 is 28.6 Å². The second kappa shape index (κ2) is 5.00. The van der Waals surface area contributed by atoms with Gasteiger partial charge in [-0.05, 0) is 0 Å². The van der Waals surface area contributed by atoms with Gasteiger partial charge < -0.3 is 10.2 Å². The summed E-state index contributed by atoms with van der Waals surface area (Å²) >= 11 is 5.63. The first-order chi connectivity index (χ1) is 7.75. The van der Waals surface area contributed by atoms with E-state index in [1.165, 1.54) is 7.05 Å². The Labute approximate surface area is 102 Å². The molecule has 0 aromatic carbocycles. The lowest BCUT2D eigenvalue weighted by Gasteiger charge is -2.09. The van der Waals surface area contributed by atoms with Gasteiger partial charge in [0, 0.05) is 13.6 Å². The summed E-state index contributed by atoms with van der Waals surface area (Å²) < 4.78 is 26.3. The number of rotatable bonds is 5. The first-order valence-electron chi connectivity index (χ1n) is 4.33. The Bertz CT molecular complexity index is 506. The molecule has 1 heterocycles. The molecule has 0 fully saturated rings. The van der Waals surface area contributed by atoms with Crippen LogP contribution in [-0.2, 0) is 21.9 Å². The van der Waals surface area contributed by atoms with Gasteiger partial charge in [0.25, 0.3) is 10.0 Å². The molecule has 0 saturated heterocycles. The van der Waals surface area contributed by atoms with E-state index in [1.54, 1.807) is 0 Å². The molecular formula is C7H10ClN3O5S. The maximum Gasteiger partial charge on any atom is 0.333 e. The van der Waals surface area contributed by atoms with Crippen LogP contribution in [0, 0.1) is 0 Å². The molecule has 1 aromatic heterocycles. The van der Waals surface area contributed by atoms with Gasteiger partial charge in [-0.1, -0.05) is 11.6 Å². The molecule has 0 unspecified atom stereocenters. The summed E-state index contributed by atoms with van der Waals surface area (Å²) in [4.78, 5) is 10.3. The number of hydrogen-bond acceptors (Lipinski definition) is 5. The average molecular weight is 284 g/mol. The van der Waals surface area contributed by atoms with Gasteiger partial charge in [0.2, 0.25) is 0 Å². The maximum atomic E-state index is 11.7. The molecule has 0 bridgehead atoms. The molecule has 17 heavy (non-hydrogen) atoms. The third-order valence-corrected chi connectivity index (χ3v) is 3.78. The number of aliphatic hydroxyl groups is 1. The molecule has 1 rings (SSSR count). The average Bonchev–Trinajstić information content (AvgIpc) is 2.55. The summed E-state index contributed by atoms with van der Waals surface area (Å²) in [5.74, 6) is -1.52. The molecule has 1 aromatic rings. The number of aryl methyl sites for hydroxylation is 1. The van der Waals surface area contributed by atoms with Gasteiger partial charge >= 0.3 is 5.97 Å². The zero-order chi connectivity index (χ0) is 13.2. The van der Waals surface area contributed by atoms with E-state index in [9.17, 15) is 13.2 Å². The maximum absolute atomic E-state index is 11.7. The van der Waals surface area contributed by atoms with E-state index in [0.29, 0.717) is 0 Å². The van der Waals surface area contributed by atoms with E-state index in [4.69, 9.17) is 21.8 Å². The molecule has 0 aliphatic heterocycles. The lowest BCUT2D eigenvalue weighted by Crippen LogP contribution is -2.37. The fraction of sp³-hybridized carbons (Fsp3) is 0.429. The predicted molar refractivity (Wildman–Crippen MR) is 57.0 cm³/mol. The van der Waals surface area contributed by atoms with Crippen molar-refractivity contribution in [3.05, 3.63) is 11.2 Å². The Morgan fingerprint density at radius 3 is 2.71 bits per heavy atom. The lowest BCUT2D eigenvalue weighted by atomic mass is 10.4. The highest BCUT2D eigenvalue weighted by atomic mass is 35.5. The van der Waals surface area contributed by atoms with Crippen molar-refractivity contribution in [3.8, 4) is 0 Å². The van der Waals surface area contributed by atoms with E-state index in [1.807, 2.05) is 4.72 Å². The van der Waals surface area contributed by atoms with Crippen LogP contribution in [0.1, 0.15) is 0 Å². The van der Waals surface area contributed by atoms with Crippen LogP contribution >= 0.6 is 11.6 Å². The third kappa shape index (κ3) is 3.16. The van der Waals surface area contributed by atoms with Crippen molar-refractivity contribution in [2.75, 3.05) is 6.54 Å². The minimum absolute atomic E-state index is 0.0928. The molecule has 3 N–H and O–H groups in total. The van der Waals surface area contributed by atoms with Crippen LogP contribution in [0.5, 0.6) is 0 Å². The molecule has 0 aliphatic rings. The zero-order valence-corrected chi connectivity index (χ0v) is 10.2. The number of aliphatic carboxylic acids is 1. The van der Waals surface area contributed by atoms with E-state index in [0.717, 1.165) is 10.9 Å². The standard InChI is InChI=1S/C7H10ClN3O5S/c1-11-6(4(8)2-9-11)17(15,16)10-3-5(12)7(13)14/h2,5,10,12H,3H2,1H3,(H,13,14)/t5-/m0/s1. The third-order valence-electron chi connectivity index (χ3n) is 1.85. The molecule has 1 atom stereocenters. The first-order valence-corrected chi connectivity index (χ1v) is 6.20. The second-order valence-electron chi connectivity index (χ2n) is 3.13. The van der Waals surface area contributed by atoms with Crippen LogP contribution in [0.4, 0.5) is 0 Å². The highest BCUT2D eigenvalue weighted by Gasteiger charge is 2.24. The van der Waals surface area contributed by atoms with Crippen molar-refractivity contribution in [2.45, 2.75) is 11.1 Å². The van der Waals surface area contributed by atoms with E-state index >= 15 is 0 Å². The van der Waals surface area contributed by atoms with Crippen molar-refractivity contribution in [1.29, 1.82) is 0 Å². The van der Waals surface area contributed by atoms with Crippen LogP contribution in [0.25, 0.3) is 0 Å². The van der Waals surface area contributed by atoms with Gasteiger partial charge in [0.05, 0.1) is 11.2 Å². The van der Waals surface area contributed by atoms with Gasteiger partial charge in [0.1, 0.15) is 0 Å². The number of sulfonamides is 1. The van der Waals surface area contributed by atoms with Crippen LogP contribution in [0.3, 0.4) is 0 Å². The Hall–Kier alpha value is -1.16. The van der Waals surface area contributed by atoms with Crippen molar-refractivity contribution in [3.63, 3.8) is 0 Å². The Kier molecular flexibility index (Phi) is 4.09. The fourth-order valence-corrected chi connectivity index (χ4v) is 2.74. The van der Waals surface area contributed by atoms with Crippen LogP contribution in [-0.4, -0.2) is 47.0 Å². The minimum Gasteiger partial charge on any atom is -0.479 e. The monoisotopic (exact) mass is 283 g/mol. The summed E-state index contributed by atoms with van der Waals surface area (Å²) in [6, 6.07) is 0. The number of aliphatic hydroxyl groups excluding tert-OH is 1. The first kappa shape index (κ1) is 13.9. The number of nitrogens with zero attached hydrogens (tertiary/aromatic N) is 2. The molecule has 0 saturated carbocycles.